The molecule has 10 heteroatoms. The van der Waals surface area contributed by atoms with Crippen molar-refractivity contribution in [2.75, 3.05) is 39.3 Å². The summed E-state index contributed by atoms with van der Waals surface area (Å²) >= 11 is 0. The Kier molecular flexibility index (Phi) is 8.14. The van der Waals surface area contributed by atoms with E-state index in [0.717, 1.165) is 31.4 Å². The van der Waals surface area contributed by atoms with Crippen LogP contribution in [-0.2, 0) is 15.8 Å². The molecule has 1 aromatic heterocycles. The van der Waals surface area contributed by atoms with Crippen LogP contribution in [0.1, 0.15) is 31.9 Å². The molecule has 0 radical (unpaired) electrons. The second-order valence-electron chi connectivity index (χ2n) is 6.60. The van der Waals surface area contributed by atoms with Crippen molar-refractivity contribution in [1.82, 2.24) is 19.7 Å². The smallest absolute Gasteiger partial charge is 0.220 e. The van der Waals surface area contributed by atoms with Gasteiger partial charge in [-0.3, -0.25) is 4.99 Å². The molecule has 0 unspecified atom stereocenters. The van der Waals surface area contributed by atoms with Crippen molar-refractivity contribution >= 4 is 40.0 Å². The molecule has 0 atom stereocenters. The number of aromatic nitrogens is 1. The minimum Gasteiger partial charge on any atom is -0.364 e. The van der Waals surface area contributed by atoms with Crippen LogP contribution in [-0.4, -0.2) is 68.0 Å². The van der Waals surface area contributed by atoms with E-state index in [9.17, 15) is 8.42 Å². The Labute approximate surface area is 172 Å². The van der Waals surface area contributed by atoms with Crippen molar-refractivity contribution in [1.29, 1.82) is 0 Å². The summed E-state index contributed by atoms with van der Waals surface area (Å²) in [7, 11) is -3.36. The van der Waals surface area contributed by atoms with E-state index in [1.165, 1.54) is 23.4 Å². The van der Waals surface area contributed by atoms with Gasteiger partial charge in [0.2, 0.25) is 10.0 Å². The number of hydrogen-bond acceptors (Lipinski definition) is 5. The largest absolute Gasteiger partial charge is 0.364 e. The van der Waals surface area contributed by atoms with Crippen molar-refractivity contribution in [2.24, 2.45) is 10.9 Å². The first-order valence-corrected chi connectivity index (χ1v) is 10.6. The molecule has 0 aromatic carbocycles. The van der Waals surface area contributed by atoms with Gasteiger partial charge < -0.3 is 14.7 Å². The van der Waals surface area contributed by atoms with Crippen molar-refractivity contribution < 1.29 is 12.9 Å². The Morgan fingerprint density at radius 2 is 2.08 bits per heavy atom. The highest BCUT2D eigenvalue weighted by atomic mass is 127. The normalized spacial score (nSPS) is 19.3. The van der Waals surface area contributed by atoms with Crippen LogP contribution in [0, 0.1) is 5.92 Å². The maximum absolute atomic E-state index is 12.5. The lowest BCUT2D eigenvalue weighted by molar-refractivity contribution is 0.259. The molecule has 148 valence electrons. The Morgan fingerprint density at radius 3 is 2.65 bits per heavy atom. The summed E-state index contributed by atoms with van der Waals surface area (Å²) in [5.41, 5.74) is 0.442. The van der Waals surface area contributed by atoms with Gasteiger partial charge >= 0.3 is 0 Å². The van der Waals surface area contributed by atoms with Crippen molar-refractivity contribution in [3.8, 4) is 0 Å². The molecule has 1 saturated carbocycles. The van der Waals surface area contributed by atoms with Gasteiger partial charge in [0.05, 0.1) is 5.69 Å². The lowest BCUT2D eigenvalue weighted by atomic mass is 10.3. The van der Waals surface area contributed by atoms with Gasteiger partial charge in [0.15, 0.2) is 5.96 Å². The van der Waals surface area contributed by atoms with E-state index in [1.807, 2.05) is 0 Å². The van der Waals surface area contributed by atoms with Crippen LogP contribution in [0.25, 0.3) is 0 Å². The van der Waals surface area contributed by atoms with Crippen molar-refractivity contribution in [3.63, 3.8) is 0 Å². The Morgan fingerprint density at radius 1 is 1.35 bits per heavy atom. The molecule has 0 bridgehead atoms. The maximum atomic E-state index is 12.5. The van der Waals surface area contributed by atoms with Crippen LogP contribution in [0.4, 0.5) is 0 Å². The van der Waals surface area contributed by atoms with Gasteiger partial charge in [0.1, 0.15) is 12.0 Å². The standard InChI is InChI=1S/C16H27N5O3S.HI/c1-2-17-16(18-7-5-14-3-4-14)20-8-10-21(11-9-20)25(22,23)13-15-6-12-24-19-15;/h6,12,14H,2-5,7-11,13H2,1H3,(H,17,18);1H. The summed E-state index contributed by atoms with van der Waals surface area (Å²) in [6, 6.07) is 1.59. The molecule has 0 amide bonds. The van der Waals surface area contributed by atoms with E-state index in [0.29, 0.717) is 31.9 Å². The molecule has 2 aliphatic rings. The summed E-state index contributed by atoms with van der Waals surface area (Å²) in [6.07, 6.45) is 5.23. The molecular formula is C16H28IN5O3S. The monoisotopic (exact) mass is 497 g/mol. The molecule has 1 N–H and O–H groups in total. The average molecular weight is 497 g/mol. The summed E-state index contributed by atoms with van der Waals surface area (Å²) < 4.78 is 31.2. The highest BCUT2D eigenvalue weighted by molar-refractivity contribution is 14.0. The maximum Gasteiger partial charge on any atom is 0.220 e. The van der Waals surface area contributed by atoms with Crippen LogP contribution in [0.5, 0.6) is 0 Å². The molecule has 1 aromatic rings. The quantitative estimate of drug-likeness (QED) is 0.349. The average Bonchev–Trinajstić information content (AvgIpc) is 3.29. The topological polar surface area (TPSA) is 91.0 Å². The van der Waals surface area contributed by atoms with Crippen molar-refractivity contribution in [2.45, 2.75) is 31.9 Å². The molecular weight excluding hydrogens is 469 g/mol. The van der Waals surface area contributed by atoms with Gasteiger partial charge in [-0.25, -0.2) is 8.42 Å². The molecule has 26 heavy (non-hydrogen) atoms. The number of guanidine groups is 1. The molecule has 1 aliphatic carbocycles. The number of sulfonamides is 1. The highest BCUT2D eigenvalue weighted by Crippen LogP contribution is 2.32. The molecule has 2 heterocycles. The van der Waals surface area contributed by atoms with Gasteiger partial charge in [-0.15, -0.1) is 24.0 Å². The SMILES string of the molecule is CCNC(=NCCC1CC1)N1CCN(S(=O)(=O)Cc2ccon2)CC1.I. The molecule has 0 spiro atoms. The Balaban J connectivity index is 0.00000243. The van der Waals surface area contributed by atoms with Crippen LogP contribution in [0.2, 0.25) is 0 Å². The summed E-state index contributed by atoms with van der Waals surface area (Å²) in [5.74, 6) is 1.65. The molecule has 8 nitrogen and oxygen atoms in total. The zero-order valence-electron chi connectivity index (χ0n) is 15.1. The number of halogens is 1. The Bertz CT molecular complexity index is 668. The first-order valence-electron chi connectivity index (χ1n) is 8.99. The van der Waals surface area contributed by atoms with Crippen LogP contribution >= 0.6 is 24.0 Å². The third-order valence-electron chi connectivity index (χ3n) is 4.58. The van der Waals surface area contributed by atoms with Gasteiger partial charge in [-0.1, -0.05) is 18.0 Å². The second-order valence-corrected chi connectivity index (χ2v) is 8.57. The van der Waals surface area contributed by atoms with Crippen LogP contribution < -0.4 is 5.32 Å². The molecule has 1 aliphatic heterocycles. The van der Waals surface area contributed by atoms with Gasteiger partial charge in [-0.2, -0.15) is 4.31 Å². The lowest BCUT2D eigenvalue weighted by Gasteiger charge is -2.35. The van der Waals surface area contributed by atoms with Crippen LogP contribution in [0.3, 0.4) is 0 Å². The fourth-order valence-electron chi connectivity index (χ4n) is 2.95. The number of hydrogen-bond donors (Lipinski definition) is 1. The van der Waals surface area contributed by atoms with Gasteiger partial charge in [-0.05, 0) is 19.3 Å². The molecule has 2 fully saturated rings. The number of piperazine rings is 1. The predicted octanol–water partition coefficient (Wildman–Crippen LogP) is 1.51. The summed E-state index contributed by atoms with van der Waals surface area (Å²) in [6.45, 7) is 5.93. The lowest BCUT2D eigenvalue weighted by Crippen LogP contribution is -2.53. The first kappa shape index (κ1) is 21.4. The van der Waals surface area contributed by atoms with E-state index >= 15 is 0 Å². The second kappa shape index (κ2) is 9.88. The van der Waals surface area contributed by atoms with E-state index in [-0.39, 0.29) is 29.7 Å². The van der Waals surface area contributed by atoms with Crippen molar-refractivity contribution in [3.05, 3.63) is 18.0 Å². The third kappa shape index (κ3) is 6.08. The number of rotatable bonds is 7. The van der Waals surface area contributed by atoms with E-state index in [4.69, 9.17) is 9.52 Å². The van der Waals surface area contributed by atoms with Gasteiger partial charge in [0, 0.05) is 45.3 Å². The number of nitrogens with one attached hydrogen (secondary N) is 1. The minimum atomic E-state index is -3.36. The van der Waals surface area contributed by atoms with Gasteiger partial charge in [0.25, 0.3) is 0 Å². The highest BCUT2D eigenvalue weighted by Gasteiger charge is 2.29. The first-order chi connectivity index (χ1) is 12.1. The van der Waals surface area contributed by atoms with E-state index in [1.54, 1.807) is 6.07 Å². The Hall–Kier alpha value is -0.880. The number of aliphatic imine (C=N–C) groups is 1. The predicted molar refractivity (Wildman–Crippen MR) is 111 cm³/mol. The summed E-state index contributed by atoms with van der Waals surface area (Å²) in [4.78, 5) is 6.86. The minimum absolute atomic E-state index is 0. The fourth-order valence-corrected chi connectivity index (χ4v) is 4.38. The number of nitrogens with zero attached hydrogens (tertiary/aromatic N) is 4. The van der Waals surface area contributed by atoms with E-state index in [2.05, 4.69) is 22.3 Å². The zero-order chi connectivity index (χ0) is 17.7. The third-order valence-corrected chi connectivity index (χ3v) is 6.40. The zero-order valence-corrected chi connectivity index (χ0v) is 18.3. The molecule has 1 saturated heterocycles. The van der Waals surface area contributed by atoms with E-state index < -0.39 is 10.0 Å². The fraction of sp³-hybridized carbons (Fsp3) is 0.750. The molecule has 3 rings (SSSR count). The summed E-state index contributed by atoms with van der Waals surface area (Å²) in [5, 5.41) is 7.02. The van der Waals surface area contributed by atoms with Crippen LogP contribution in [0.15, 0.2) is 21.8 Å².